The van der Waals surface area contributed by atoms with Gasteiger partial charge >= 0.3 is 0 Å². The van der Waals surface area contributed by atoms with Gasteiger partial charge in [-0.2, -0.15) is 9.78 Å². The van der Waals surface area contributed by atoms with Crippen LogP contribution < -0.4 is 11.2 Å². The first kappa shape index (κ1) is 17.3. The molecule has 0 aliphatic heterocycles. The average Bonchev–Trinajstić information content (AvgIpc) is 3.23. The highest BCUT2D eigenvalue weighted by Crippen LogP contribution is 2.17. The Morgan fingerprint density at radius 3 is 2.77 bits per heavy atom. The molecule has 3 N–H and O–H groups in total. The number of hydrogen-bond donors (Lipinski definition) is 2. The Hall–Kier alpha value is -3.56. The van der Waals surface area contributed by atoms with Crippen molar-refractivity contribution >= 4 is 17.9 Å². The van der Waals surface area contributed by atoms with Gasteiger partial charge in [-0.1, -0.05) is 48.4 Å². The van der Waals surface area contributed by atoms with Gasteiger partial charge in [0.2, 0.25) is 11.6 Å². The number of hydrazone groups is 1. The largest absolute Gasteiger partial charge is 0.378 e. The number of carbonyl (C=O) groups is 1. The Morgan fingerprint density at radius 2 is 2.12 bits per heavy atom. The molecular formula is C16H18N8O2. The predicted molar refractivity (Wildman–Crippen MR) is 93.9 cm³/mol. The van der Waals surface area contributed by atoms with E-state index in [1.807, 2.05) is 38.1 Å². The summed E-state index contributed by atoms with van der Waals surface area (Å²) in [6.45, 7) is 3.97. The molecule has 2 aromatic heterocycles. The van der Waals surface area contributed by atoms with Gasteiger partial charge in [-0.05, 0) is 29.2 Å². The van der Waals surface area contributed by atoms with E-state index in [-0.39, 0.29) is 17.3 Å². The summed E-state index contributed by atoms with van der Waals surface area (Å²) in [5.74, 6) is -0.210. The second kappa shape index (κ2) is 7.55. The number of amides is 1. The van der Waals surface area contributed by atoms with Crippen molar-refractivity contribution in [2.45, 2.75) is 26.7 Å². The molecule has 134 valence electrons. The highest BCUT2D eigenvalue weighted by Gasteiger charge is 2.23. The number of nitrogens with two attached hydrogens (primary N) is 1. The van der Waals surface area contributed by atoms with Gasteiger partial charge < -0.3 is 5.73 Å². The van der Waals surface area contributed by atoms with Gasteiger partial charge in [-0.25, -0.2) is 10.1 Å². The van der Waals surface area contributed by atoms with Gasteiger partial charge in [0.05, 0.1) is 11.9 Å². The lowest BCUT2D eigenvalue weighted by molar-refractivity contribution is 0.0949. The van der Waals surface area contributed by atoms with Crippen LogP contribution in [0.25, 0.3) is 5.82 Å². The monoisotopic (exact) mass is 354 g/mol. The molecule has 1 aromatic carbocycles. The number of nitrogen functional groups attached to an aromatic ring is 1. The predicted octanol–water partition coefficient (Wildman–Crippen LogP) is 1.26. The number of carbonyl (C=O) groups excluding carboxylic acids is 1. The quantitative estimate of drug-likeness (QED) is 0.502. The number of aryl methyl sites for hydroxylation is 1. The summed E-state index contributed by atoms with van der Waals surface area (Å²) in [4.78, 5) is 12.4. The molecule has 0 bridgehead atoms. The lowest BCUT2D eigenvalue weighted by atomic mass is 10.2. The molecule has 0 atom stereocenters. The van der Waals surface area contributed by atoms with Gasteiger partial charge in [0.1, 0.15) is 0 Å². The second-order valence-electron chi connectivity index (χ2n) is 5.63. The lowest BCUT2D eigenvalue weighted by Gasteiger charge is -2.03. The third-order valence-electron chi connectivity index (χ3n) is 3.62. The fraction of sp³-hybridized carbons (Fsp3) is 0.250. The SMILES string of the molecule is CCCc1c(C(=O)N/N=C\c2ccc(C)cc2)nnn1-c1nonc1N. The molecule has 0 unspecified atom stereocenters. The Morgan fingerprint density at radius 1 is 1.35 bits per heavy atom. The Labute approximate surface area is 149 Å². The minimum atomic E-state index is -0.474. The number of aromatic nitrogens is 5. The molecule has 10 nitrogen and oxygen atoms in total. The second-order valence-corrected chi connectivity index (χ2v) is 5.63. The minimum Gasteiger partial charge on any atom is -0.378 e. The van der Waals surface area contributed by atoms with Crippen LogP contribution in [0.5, 0.6) is 0 Å². The molecular weight excluding hydrogens is 336 g/mol. The Kier molecular flexibility index (Phi) is 5.02. The molecule has 26 heavy (non-hydrogen) atoms. The Bertz CT molecular complexity index is 926. The highest BCUT2D eigenvalue weighted by molar-refractivity contribution is 5.94. The third kappa shape index (κ3) is 3.58. The molecule has 3 aromatic rings. The smallest absolute Gasteiger partial charge is 0.293 e. The normalized spacial score (nSPS) is 11.2. The van der Waals surface area contributed by atoms with E-state index in [1.165, 1.54) is 4.68 Å². The summed E-state index contributed by atoms with van der Waals surface area (Å²) in [5.41, 5.74) is 10.9. The van der Waals surface area contributed by atoms with Gasteiger partial charge in [0.25, 0.3) is 5.91 Å². The van der Waals surface area contributed by atoms with Crippen LogP contribution in [-0.4, -0.2) is 37.4 Å². The number of nitrogens with zero attached hydrogens (tertiary/aromatic N) is 6. The van der Waals surface area contributed by atoms with E-state index >= 15 is 0 Å². The summed E-state index contributed by atoms with van der Waals surface area (Å²) in [6.07, 6.45) is 2.87. The van der Waals surface area contributed by atoms with Gasteiger partial charge in [0.15, 0.2) is 5.69 Å². The van der Waals surface area contributed by atoms with Crippen molar-refractivity contribution in [1.29, 1.82) is 0 Å². The van der Waals surface area contributed by atoms with E-state index in [1.54, 1.807) is 6.21 Å². The van der Waals surface area contributed by atoms with Crippen molar-refractivity contribution in [2.75, 3.05) is 5.73 Å². The summed E-state index contributed by atoms with van der Waals surface area (Å²) >= 11 is 0. The van der Waals surface area contributed by atoms with E-state index in [0.717, 1.165) is 17.5 Å². The van der Waals surface area contributed by atoms with Crippen molar-refractivity contribution in [3.63, 3.8) is 0 Å². The van der Waals surface area contributed by atoms with E-state index in [0.29, 0.717) is 12.1 Å². The lowest BCUT2D eigenvalue weighted by Crippen LogP contribution is -2.20. The van der Waals surface area contributed by atoms with Crippen LogP contribution in [0.1, 0.15) is 40.7 Å². The van der Waals surface area contributed by atoms with Crippen LogP contribution in [0, 0.1) is 6.92 Å². The highest BCUT2D eigenvalue weighted by atomic mass is 16.6. The molecule has 0 aliphatic rings. The maximum atomic E-state index is 12.4. The van der Waals surface area contributed by atoms with Gasteiger partial charge in [-0.15, -0.1) is 5.10 Å². The first-order chi connectivity index (χ1) is 12.6. The van der Waals surface area contributed by atoms with E-state index in [4.69, 9.17) is 5.73 Å². The first-order valence-corrected chi connectivity index (χ1v) is 8.03. The molecule has 1 amide bonds. The molecule has 10 heteroatoms. The summed E-state index contributed by atoms with van der Waals surface area (Å²) < 4.78 is 5.94. The summed E-state index contributed by atoms with van der Waals surface area (Å²) in [5, 5.41) is 19.1. The zero-order chi connectivity index (χ0) is 18.5. The molecule has 0 radical (unpaired) electrons. The van der Waals surface area contributed by atoms with Crippen LogP contribution >= 0.6 is 0 Å². The maximum absolute atomic E-state index is 12.4. The zero-order valence-corrected chi connectivity index (χ0v) is 14.4. The number of nitrogens with one attached hydrogen (secondary N) is 1. The summed E-state index contributed by atoms with van der Waals surface area (Å²) in [7, 11) is 0. The van der Waals surface area contributed by atoms with Crippen LogP contribution in [0.3, 0.4) is 0 Å². The third-order valence-corrected chi connectivity index (χ3v) is 3.62. The maximum Gasteiger partial charge on any atom is 0.293 e. The van der Waals surface area contributed by atoms with Crippen LogP contribution in [0.4, 0.5) is 5.82 Å². The van der Waals surface area contributed by atoms with Gasteiger partial charge in [-0.3, -0.25) is 4.79 Å². The summed E-state index contributed by atoms with van der Waals surface area (Å²) in [6, 6.07) is 7.74. The molecule has 0 aliphatic carbocycles. The van der Waals surface area contributed by atoms with Gasteiger partial charge in [0, 0.05) is 0 Å². The average molecular weight is 354 g/mol. The molecule has 0 saturated heterocycles. The van der Waals surface area contributed by atoms with Crippen molar-refractivity contribution in [3.8, 4) is 5.82 Å². The molecule has 3 rings (SSSR count). The van der Waals surface area contributed by atoms with E-state index < -0.39 is 5.91 Å². The van der Waals surface area contributed by atoms with Crippen LogP contribution in [-0.2, 0) is 6.42 Å². The minimum absolute atomic E-state index is 0.0663. The molecule has 0 fully saturated rings. The fourth-order valence-electron chi connectivity index (χ4n) is 2.32. The van der Waals surface area contributed by atoms with Crippen molar-refractivity contribution in [1.82, 2.24) is 30.7 Å². The Balaban J connectivity index is 1.79. The molecule has 2 heterocycles. The number of benzene rings is 1. The molecule has 0 saturated carbocycles. The van der Waals surface area contributed by atoms with Crippen molar-refractivity contribution in [2.24, 2.45) is 5.10 Å². The number of rotatable bonds is 6. The zero-order valence-electron chi connectivity index (χ0n) is 14.4. The number of hydrogen-bond acceptors (Lipinski definition) is 8. The van der Waals surface area contributed by atoms with Crippen molar-refractivity contribution < 1.29 is 9.42 Å². The van der Waals surface area contributed by atoms with Crippen LogP contribution in [0.2, 0.25) is 0 Å². The van der Waals surface area contributed by atoms with Crippen LogP contribution in [0.15, 0.2) is 34.0 Å². The van der Waals surface area contributed by atoms with E-state index in [9.17, 15) is 4.79 Å². The number of anilines is 1. The standard InChI is InChI=1S/C16H18N8O2/c1-3-4-12-13(19-23-24(12)15-14(17)21-26-22-15)16(25)20-18-9-11-7-5-10(2)6-8-11/h5-9H,3-4H2,1-2H3,(H2,17,21)(H,20,25)/b18-9-. The fourth-order valence-corrected chi connectivity index (χ4v) is 2.32. The topological polar surface area (TPSA) is 137 Å². The van der Waals surface area contributed by atoms with E-state index in [2.05, 4.69) is 35.8 Å². The van der Waals surface area contributed by atoms with Crippen molar-refractivity contribution in [3.05, 3.63) is 46.8 Å². The first-order valence-electron chi connectivity index (χ1n) is 8.03. The molecule has 0 spiro atoms.